The van der Waals surface area contributed by atoms with E-state index in [2.05, 4.69) is 5.32 Å². The molecule has 2 unspecified atom stereocenters. The van der Waals surface area contributed by atoms with Crippen LogP contribution in [0.15, 0.2) is 0 Å². The van der Waals surface area contributed by atoms with Gasteiger partial charge in [0, 0.05) is 12.6 Å². The average molecular weight is 158 g/mol. The van der Waals surface area contributed by atoms with Gasteiger partial charge in [-0.15, -0.1) is 0 Å². The summed E-state index contributed by atoms with van der Waals surface area (Å²) in [5.41, 5.74) is 5.11. The normalized spacial score (nSPS) is 31.7. The number of rotatable bonds is 2. The smallest absolute Gasteiger partial charge is 0.221 e. The molecular weight excluding hydrogens is 144 g/mol. The molecule has 1 heterocycles. The number of nitrogens with one attached hydrogen (secondary N) is 1. The Hall–Kier alpha value is -0.610. The third-order valence-electron chi connectivity index (χ3n) is 2.14. The highest BCUT2D eigenvalue weighted by Crippen LogP contribution is 2.12. The second-order valence-electron chi connectivity index (χ2n) is 2.96. The summed E-state index contributed by atoms with van der Waals surface area (Å²) in [6.45, 7) is 0.756. The average Bonchev–Trinajstić information content (AvgIpc) is 2.05. The van der Waals surface area contributed by atoms with E-state index in [1.54, 1.807) is 0 Å². The standard InChI is InChI=1S/C7H14N2O2/c8-7(11)5-1-2-6(4-10)9-3-5/h5-6,9-10H,1-4H2,(H2,8,11). The van der Waals surface area contributed by atoms with Crippen molar-refractivity contribution in [3.8, 4) is 0 Å². The molecule has 4 heteroatoms. The Kier molecular flexibility index (Phi) is 2.84. The lowest BCUT2D eigenvalue weighted by atomic mass is 9.95. The molecule has 1 fully saturated rings. The SMILES string of the molecule is NC(=O)C1CCC(CO)NC1. The van der Waals surface area contributed by atoms with Gasteiger partial charge in [-0.1, -0.05) is 0 Å². The summed E-state index contributed by atoms with van der Waals surface area (Å²) in [4.78, 5) is 10.7. The number of hydrogen-bond acceptors (Lipinski definition) is 3. The lowest BCUT2D eigenvalue weighted by molar-refractivity contribution is -0.122. The first-order valence-electron chi connectivity index (χ1n) is 3.87. The van der Waals surface area contributed by atoms with Crippen molar-refractivity contribution in [3.63, 3.8) is 0 Å². The number of piperidine rings is 1. The van der Waals surface area contributed by atoms with Gasteiger partial charge >= 0.3 is 0 Å². The van der Waals surface area contributed by atoms with E-state index in [1.807, 2.05) is 0 Å². The van der Waals surface area contributed by atoms with Gasteiger partial charge in [0.2, 0.25) is 5.91 Å². The number of aliphatic hydroxyl groups is 1. The second-order valence-corrected chi connectivity index (χ2v) is 2.96. The third kappa shape index (κ3) is 2.17. The van der Waals surface area contributed by atoms with Crippen molar-refractivity contribution in [1.29, 1.82) is 0 Å². The summed E-state index contributed by atoms with van der Waals surface area (Å²) < 4.78 is 0. The van der Waals surface area contributed by atoms with Crippen molar-refractivity contribution in [2.24, 2.45) is 11.7 Å². The molecule has 1 saturated heterocycles. The summed E-state index contributed by atoms with van der Waals surface area (Å²) in [7, 11) is 0. The molecule has 0 spiro atoms. The molecule has 1 amide bonds. The first-order chi connectivity index (χ1) is 5.24. The monoisotopic (exact) mass is 158 g/mol. The highest BCUT2D eigenvalue weighted by Gasteiger charge is 2.23. The van der Waals surface area contributed by atoms with Gasteiger partial charge < -0.3 is 16.2 Å². The van der Waals surface area contributed by atoms with Crippen LogP contribution in [0.1, 0.15) is 12.8 Å². The Bertz CT molecular complexity index is 141. The minimum Gasteiger partial charge on any atom is -0.395 e. The number of amides is 1. The van der Waals surface area contributed by atoms with Crippen molar-refractivity contribution in [2.45, 2.75) is 18.9 Å². The number of primary amides is 1. The molecule has 1 rings (SSSR count). The van der Waals surface area contributed by atoms with Crippen LogP contribution in [-0.2, 0) is 4.79 Å². The summed E-state index contributed by atoms with van der Waals surface area (Å²) in [6.07, 6.45) is 1.64. The summed E-state index contributed by atoms with van der Waals surface area (Å²) in [5.74, 6) is -0.285. The topological polar surface area (TPSA) is 75.4 Å². The van der Waals surface area contributed by atoms with Gasteiger partial charge in [-0.2, -0.15) is 0 Å². The Labute approximate surface area is 65.8 Å². The van der Waals surface area contributed by atoms with Crippen LogP contribution in [0.3, 0.4) is 0 Å². The molecule has 0 aliphatic carbocycles. The number of hydrogen-bond donors (Lipinski definition) is 3. The number of nitrogens with two attached hydrogens (primary N) is 1. The molecule has 11 heavy (non-hydrogen) atoms. The Balaban J connectivity index is 2.30. The number of carbonyl (C=O) groups excluding carboxylic acids is 1. The molecule has 0 radical (unpaired) electrons. The lowest BCUT2D eigenvalue weighted by Gasteiger charge is -2.26. The molecule has 2 atom stereocenters. The van der Waals surface area contributed by atoms with Gasteiger partial charge in [-0.25, -0.2) is 0 Å². The zero-order valence-corrected chi connectivity index (χ0v) is 6.42. The molecule has 0 aromatic rings. The van der Waals surface area contributed by atoms with Crippen LogP contribution in [-0.4, -0.2) is 30.2 Å². The molecule has 0 aromatic heterocycles. The second kappa shape index (κ2) is 3.69. The zero-order valence-electron chi connectivity index (χ0n) is 6.42. The molecule has 0 aromatic carbocycles. The van der Waals surface area contributed by atoms with Crippen LogP contribution in [0.2, 0.25) is 0 Å². The summed E-state index contributed by atoms with van der Waals surface area (Å²) in [6, 6.07) is 0.158. The van der Waals surface area contributed by atoms with Crippen LogP contribution in [0.25, 0.3) is 0 Å². The largest absolute Gasteiger partial charge is 0.395 e. The van der Waals surface area contributed by atoms with E-state index >= 15 is 0 Å². The van der Waals surface area contributed by atoms with Crippen LogP contribution >= 0.6 is 0 Å². The minimum atomic E-state index is -0.242. The van der Waals surface area contributed by atoms with Gasteiger partial charge in [0.25, 0.3) is 0 Å². The van der Waals surface area contributed by atoms with Crippen LogP contribution in [0.4, 0.5) is 0 Å². The highest BCUT2D eigenvalue weighted by molar-refractivity contribution is 5.76. The van der Waals surface area contributed by atoms with E-state index in [0.717, 1.165) is 12.8 Å². The molecule has 1 aliphatic rings. The first kappa shape index (κ1) is 8.49. The number of carbonyl (C=O) groups is 1. The Morgan fingerprint density at radius 1 is 1.64 bits per heavy atom. The van der Waals surface area contributed by atoms with E-state index in [1.165, 1.54) is 0 Å². The first-order valence-corrected chi connectivity index (χ1v) is 3.87. The molecule has 0 saturated carbocycles. The third-order valence-corrected chi connectivity index (χ3v) is 2.14. The van der Waals surface area contributed by atoms with Crippen LogP contribution < -0.4 is 11.1 Å². The fourth-order valence-corrected chi connectivity index (χ4v) is 1.31. The van der Waals surface area contributed by atoms with Gasteiger partial charge in [0.05, 0.1) is 12.5 Å². The maximum atomic E-state index is 10.7. The van der Waals surface area contributed by atoms with Gasteiger partial charge in [-0.3, -0.25) is 4.79 Å². The van der Waals surface area contributed by atoms with Gasteiger partial charge in [0.15, 0.2) is 0 Å². The van der Waals surface area contributed by atoms with Gasteiger partial charge in [-0.05, 0) is 12.8 Å². The predicted octanol–water partition coefficient (Wildman–Crippen LogP) is -1.17. The minimum absolute atomic E-state index is 0.0437. The van der Waals surface area contributed by atoms with Crippen molar-refractivity contribution in [2.75, 3.05) is 13.2 Å². The Morgan fingerprint density at radius 3 is 2.73 bits per heavy atom. The summed E-state index contributed by atoms with van der Waals surface area (Å²) in [5, 5.41) is 11.8. The molecule has 1 aliphatic heterocycles. The molecule has 0 bridgehead atoms. The van der Waals surface area contributed by atoms with Crippen molar-refractivity contribution in [1.82, 2.24) is 5.32 Å². The predicted molar refractivity (Wildman–Crippen MR) is 40.8 cm³/mol. The fraction of sp³-hybridized carbons (Fsp3) is 0.857. The van der Waals surface area contributed by atoms with E-state index in [4.69, 9.17) is 10.8 Å². The van der Waals surface area contributed by atoms with E-state index < -0.39 is 0 Å². The van der Waals surface area contributed by atoms with Gasteiger partial charge in [0.1, 0.15) is 0 Å². The molecular formula is C7H14N2O2. The lowest BCUT2D eigenvalue weighted by Crippen LogP contribution is -2.45. The van der Waals surface area contributed by atoms with Crippen molar-refractivity contribution in [3.05, 3.63) is 0 Å². The molecule has 64 valence electrons. The zero-order chi connectivity index (χ0) is 8.27. The van der Waals surface area contributed by atoms with E-state index in [9.17, 15) is 4.79 Å². The number of aliphatic hydroxyl groups excluding tert-OH is 1. The fourth-order valence-electron chi connectivity index (χ4n) is 1.31. The van der Waals surface area contributed by atoms with Crippen LogP contribution in [0, 0.1) is 5.92 Å². The van der Waals surface area contributed by atoms with Crippen molar-refractivity contribution < 1.29 is 9.90 Å². The Morgan fingerprint density at radius 2 is 2.36 bits per heavy atom. The molecule has 4 N–H and O–H groups in total. The maximum Gasteiger partial charge on any atom is 0.221 e. The van der Waals surface area contributed by atoms with E-state index in [0.29, 0.717) is 6.54 Å². The van der Waals surface area contributed by atoms with E-state index in [-0.39, 0.29) is 24.5 Å². The van der Waals surface area contributed by atoms with Crippen LogP contribution in [0.5, 0.6) is 0 Å². The maximum absolute atomic E-state index is 10.7. The quantitative estimate of drug-likeness (QED) is 0.474. The summed E-state index contributed by atoms with van der Waals surface area (Å²) >= 11 is 0. The molecule has 4 nitrogen and oxygen atoms in total. The highest BCUT2D eigenvalue weighted by atomic mass is 16.3. The van der Waals surface area contributed by atoms with Crippen molar-refractivity contribution >= 4 is 5.91 Å².